The van der Waals surface area contributed by atoms with E-state index in [1.54, 1.807) is 37.2 Å². The third-order valence-electron chi connectivity index (χ3n) is 5.45. The van der Waals surface area contributed by atoms with Crippen LogP contribution in [0.5, 0.6) is 0 Å². The maximum atomic E-state index is 14.2. The van der Waals surface area contributed by atoms with E-state index in [0.717, 1.165) is 38.8 Å². The van der Waals surface area contributed by atoms with Gasteiger partial charge in [-0.2, -0.15) is 0 Å². The Morgan fingerprint density at radius 2 is 1.67 bits per heavy atom. The van der Waals surface area contributed by atoms with Crippen molar-refractivity contribution in [2.45, 2.75) is 37.8 Å². The van der Waals surface area contributed by atoms with Crippen molar-refractivity contribution in [1.29, 1.82) is 0 Å². The number of nitrogens with one attached hydrogen (secondary N) is 1. The summed E-state index contributed by atoms with van der Waals surface area (Å²) in [6.45, 7) is 2.99. The van der Waals surface area contributed by atoms with E-state index in [1.165, 1.54) is 6.07 Å². The van der Waals surface area contributed by atoms with Crippen molar-refractivity contribution in [2.24, 2.45) is 0 Å². The highest BCUT2D eigenvalue weighted by molar-refractivity contribution is 5.83. The maximum Gasteiger partial charge on any atom is 0.319 e. The van der Waals surface area contributed by atoms with Gasteiger partial charge in [0.2, 0.25) is 5.91 Å². The Labute approximate surface area is 160 Å². The first-order valence-electron chi connectivity index (χ1n) is 9.72. The van der Waals surface area contributed by atoms with Crippen LogP contribution in [-0.2, 0) is 4.79 Å². The molecule has 2 saturated heterocycles. The van der Waals surface area contributed by atoms with Gasteiger partial charge < -0.3 is 15.1 Å². The van der Waals surface area contributed by atoms with Crippen LogP contribution in [0.4, 0.5) is 9.18 Å². The molecule has 0 radical (unpaired) electrons. The van der Waals surface area contributed by atoms with Gasteiger partial charge >= 0.3 is 6.03 Å². The number of rotatable bonds is 4. The van der Waals surface area contributed by atoms with Crippen molar-refractivity contribution in [2.75, 3.05) is 40.3 Å². The van der Waals surface area contributed by atoms with Crippen molar-refractivity contribution in [3.05, 3.63) is 35.6 Å². The summed E-state index contributed by atoms with van der Waals surface area (Å²) in [5.41, 5.74) is 0.377. The molecule has 2 fully saturated rings. The summed E-state index contributed by atoms with van der Waals surface area (Å²) in [5, 5.41) is 3.06. The molecule has 6 nitrogen and oxygen atoms in total. The summed E-state index contributed by atoms with van der Waals surface area (Å²) < 4.78 is 14.2. The molecule has 1 aromatic carbocycles. The minimum Gasteiger partial charge on any atom is -0.352 e. The van der Waals surface area contributed by atoms with Gasteiger partial charge in [-0.25, -0.2) is 9.18 Å². The fourth-order valence-corrected chi connectivity index (χ4v) is 3.95. The van der Waals surface area contributed by atoms with Gasteiger partial charge in [0, 0.05) is 37.8 Å². The highest BCUT2D eigenvalue weighted by atomic mass is 19.1. The standard InChI is InChI=1S/C20H29FN4O2/c1-23(2)18(16-7-3-4-8-17(16)21)19(26)22-15-9-13-25(14-10-15)20(27)24-11-5-6-12-24/h3-4,7-8,15,18H,5-6,9-14H2,1-2H3,(H,22,26). The van der Waals surface area contributed by atoms with E-state index in [0.29, 0.717) is 18.7 Å². The molecule has 1 N–H and O–H groups in total. The van der Waals surface area contributed by atoms with Crippen LogP contribution in [0.3, 0.4) is 0 Å². The minimum atomic E-state index is -0.671. The number of amides is 3. The van der Waals surface area contributed by atoms with Gasteiger partial charge in [-0.05, 0) is 45.8 Å². The Bertz CT molecular complexity index is 668. The molecule has 1 atom stereocenters. The van der Waals surface area contributed by atoms with Gasteiger partial charge in [0.05, 0.1) is 0 Å². The van der Waals surface area contributed by atoms with Crippen molar-refractivity contribution >= 4 is 11.9 Å². The zero-order chi connectivity index (χ0) is 19.4. The largest absolute Gasteiger partial charge is 0.352 e. The van der Waals surface area contributed by atoms with Crippen LogP contribution in [0.2, 0.25) is 0 Å². The summed E-state index contributed by atoms with van der Waals surface area (Å²) in [6.07, 6.45) is 3.62. The molecule has 0 bridgehead atoms. The van der Waals surface area contributed by atoms with Crippen molar-refractivity contribution in [3.8, 4) is 0 Å². The number of benzene rings is 1. The van der Waals surface area contributed by atoms with Crippen LogP contribution in [0, 0.1) is 5.82 Å². The van der Waals surface area contributed by atoms with E-state index in [9.17, 15) is 14.0 Å². The molecule has 0 saturated carbocycles. The Morgan fingerprint density at radius 3 is 2.26 bits per heavy atom. The van der Waals surface area contributed by atoms with Gasteiger partial charge in [-0.15, -0.1) is 0 Å². The summed E-state index contributed by atoms with van der Waals surface area (Å²) >= 11 is 0. The van der Waals surface area contributed by atoms with Crippen molar-refractivity contribution in [3.63, 3.8) is 0 Å². The third kappa shape index (κ3) is 4.58. The molecule has 1 unspecified atom stereocenters. The van der Waals surface area contributed by atoms with Crippen LogP contribution < -0.4 is 5.32 Å². The number of hydrogen-bond donors (Lipinski definition) is 1. The van der Waals surface area contributed by atoms with E-state index < -0.39 is 6.04 Å². The van der Waals surface area contributed by atoms with Gasteiger partial charge in [0.15, 0.2) is 0 Å². The summed E-state index contributed by atoms with van der Waals surface area (Å²) in [4.78, 5) is 30.8. The van der Waals surface area contributed by atoms with Gasteiger partial charge in [0.1, 0.15) is 11.9 Å². The topological polar surface area (TPSA) is 55.9 Å². The lowest BCUT2D eigenvalue weighted by Gasteiger charge is -2.35. The second kappa shape index (κ2) is 8.69. The van der Waals surface area contributed by atoms with E-state index >= 15 is 0 Å². The summed E-state index contributed by atoms with van der Waals surface area (Å²) in [7, 11) is 3.54. The summed E-state index contributed by atoms with van der Waals surface area (Å²) in [6, 6.07) is 5.85. The van der Waals surface area contributed by atoms with Gasteiger partial charge in [0.25, 0.3) is 0 Å². The van der Waals surface area contributed by atoms with E-state index in [1.807, 2.05) is 9.80 Å². The van der Waals surface area contributed by atoms with Crippen LogP contribution in [0.1, 0.15) is 37.3 Å². The lowest BCUT2D eigenvalue weighted by Crippen LogP contribution is -2.51. The number of urea groups is 1. The summed E-state index contributed by atoms with van der Waals surface area (Å²) in [5.74, 6) is -0.577. The highest BCUT2D eigenvalue weighted by Crippen LogP contribution is 2.23. The molecule has 1 aromatic rings. The fourth-order valence-electron chi connectivity index (χ4n) is 3.95. The van der Waals surface area contributed by atoms with E-state index in [2.05, 4.69) is 5.32 Å². The van der Waals surface area contributed by atoms with E-state index in [-0.39, 0.29) is 23.8 Å². The number of halogens is 1. The second-order valence-electron chi connectivity index (χ2n) is 7.63. The van der Waals surface area contributed by atoms with Crippen LogP contribution in [-0.4, -0.2) is 73.0 Å². The SMILES string of the molecule is CN(C)C(C(=O)NC1CCN(C(=O)N2CCCC2)CC1)c1ccccc1F. The average molecular weight is 376 g/mol. The first-order chi connectivity index (χ1) is 13.0. The molecule has 3 amide bonds. The molecule has 2 aliphatic rings. The Hall–Kier alpha value is -2.15. The Balaban J connectivity index is 1.56. The number of likely N-dealkylation sites (N-methyl/N-ethyl adjacent to an activating group) is 1. The predicted molar refractivity (Wildman–Crippen MR) is 102 cm³/mol. The molecule has 2 heterocycles. The molecule has 148 valence electrons. The number of piperidine rings is 1. The molecule has 3 rings (SSSR count). The number of nitrogens with zero attached hydrogens (tertiary/aromatic N) is 3. The molecule has 0 aliphatic carbocycles. The fraction of sp³-hybridized carbons (Fsp3) is 0.600. The average Bonchev–Trinajstić information content (AvgIpc) is 3.18. The third-order valence-corrected chi connectivity index (χ3v) is 5.45. The molecular formula is C20H29FN4O2. The molecule has 2 aliphatic heterocycles. The molecule has 0 aromatic heterocycles. The predicted octanol–water partition coefficient (Wildman–Crippen LogP) is 2.22. The number of carbonyl (C=O) groups is 2. The Kier molecular flexibility index (Phi) is 6.31. The normalized spacial score (nSPS) is 19.4. The maximum absolute atomic E-state index is 14.2. The molecule has 27 heavy (non-hydrogen) atoms. The van der Waals surface area contributed by atoms with Crippen LogP contribution >= 0.6 is 0 Å². The lowest BCUT2D eigenvalue weighted by molar-refractivity contribution is -0.126. The zero-order valence-corrected chi connectivity index (χ0v) is 16.2. The van der Waals surface area contributed by atoms with Crippen LogP contribution in [0.15, 0.2) is 24.3 Å². The van der Waals surface area contributed by atoms with Gasteiger partial charge in [-0.3, -0.25) is 9.69 Å². The van der Waals surface area contributed by atoms with Crippen molar-refractivity contribution < 1.29 is 14.0 Å². The monoisotopic (exact) mass is 376 g/mol. The number of likely N-dealkylation sites (tertiary alicyclic amines) is 2. The zero-order valence-electron chi connectivity index (χ0n) is 16.2. The lowest BCUT2D eigenvalue weighted by atomic mass is 10.0. The van der Waals surface area contributed by atoms with E-state index in [4.69, 9.17) is 0 Å². The number of hydrogen-bond acceptors (Lipinski definition) is 3. The minimum absolute atomic E-state index is 0.00866. The molecule has 7 heteroatoms. The quantitative estimate of drug-likeness (QED) is 0.877. The number of carbonyl (C=O) groups excluding carboxylic acids is 2. The molecule has 0 spiro atoms. The Morgan fingerprint density at radius 1 is 1.07 bits per heavy atom. The smallest absolute Gasteiger partial charge is 0.319 e. The van der Waals surface area contributed by atoms with Gasteiger partial charge in [-0.1, -0.05) is 18.2 Å². The second-order valence-corrected chi connectivity index (χ2v) is 7.63. The highest BCUT2D eigenvalue weighted by Gasteiger charge is 2.31. The molecular weight excluding hydrogens is 347 g/mol. The first-order valence-corrected chi connectivity index (χ1v) is 9.72. The van der Waals surface area contributed by atoms with Crippen molar-refractivity contribution in [1.82, 2.24) is 20.0 Å². The first kappa shape index (κ1) is 19.6. The van der Waals surface area contributed by atoms with Crippen LogP contribution in [0.25, 0.3) is 0 Å².